The van der Waals surface area contributed by atoms with Crippen LogP contribution in [-0.2, 0) is 16.9 Å². The third-order valence-electron chi connectivity index (χ3n) is 8.56. The van der Waals surface area contributed by atoms with Gasteiger partial charge in [-0.1, -0.05) is 70.7 Å². The van der Waals surface area contributed by atoms with Crippen LogP contribution in [0.5, 0.6) is 0 Å². The van der Waals surface area contributed by atoms with Gasteiger partial charge in [0.15, 0.2) is 5.60 Å². The molecule has 0 amide bonds. The number of carbonyl (C=O) groups excluding carboxylic acids is 1. The highest BCUT2D eigenvalue weighted by Crippen LogP contribution is 2.59. The van der Waals surface area contributed by atoms with E-state index in [9.17, 15) is 4.79 Å². The number of carbonyl (C=O) groups is 1. The van der Waals surface area contributed by atoms with E-state index >= 15 is 0 Å². The van der Waals surface area contributed by atoms with Crippen molar-refractivity contribution >= 4 is 74.7 Å². The predicted molar refractivity (Wildman–Crippen MR) is 178 cm³/mol. The Balaban J connectivity index is 2.03. The first-order chi connectivity index (χ1) is 20.1. The second-order valence-corrected chi connectivity index (χ2v) is 11.9. The molecule has 1 aliphatic rings. The van der Waals surface area contributed by atoms with E-state index in [4.69, 9.17) is 51.1 Å². The minimum Gasteiger partial charge on any atom is -0.440 e. The molecular weight excluding hydrogens is 612 g/mol. The van der Waals surface area contributed by atoms with Crippen molar-refractivity contribution in [2.75, 3.05) is 36.0 Å². The van der Waals surface area contributed by atoms with E-state index in [0.717, 1.165) is 71.8 Å². The molecule has 1 aromatic heterocycles. The average Bonchev–Trinajstić information content (AvgIpc) is 3.46. The smallest absolute Gasteiger partial charge is 0.341 e. The van der Waals surface area contributed by atoms with Crippen LogP contribution in [0.25, 0.3) is 10.9 Å². The van der Waals surface area contributed by atoms with Gasteiger partial charge in [0.2, 0.25) is 0 Å². The van der Waals surface area contributed by atoms with E-state index in [-0.39, 0.29) is 25.7 Å². The number of para-hydroxylation sites is 1. The summed E-state index contributed by atoms with van der Waals surface area (Å²) in [5, 5.41) is 1.26. The summed E-state index contributed by atoms with van der Waals surface area (Å²) in [6.07, 6.45) is 0. The van der Waals surface area contributed by atoms with Crippen molar-refractivity contribution in [3.05, 3.63) is 90.5 Å². The number of aromatic nitrogens is 1. The lowest BCUT2D eigenvalue weighted by Gasteiger charge is -2.37. The monoisotopic (exact) mass is 645 g/mol. The zero-order valence-electron chi connectivity index (χ0n) is 24.7. The SMILES string of the molecule is CCN(CC)c1ccc(C2(c3c(C)n(CC)c4ccccc34)OC(=O)c3c(Cl)c(Cl)c(Cl)c(Cl)c32)c(N(CC)CC)c1. The summed E-state index contributed by atoms with van der Waals surface area (Å²) < 4.78 is 8.89. The van der Waals surface area contributed by atoms with Crippen molar-refractivity contribution < 1.29 is 9.53 Å². The van der Waals surface area contributed by atoms with Crippen molar-refractivity contribution in [3.63, 3.8) is 0 Å². The molecule has 5 rings (SSSR count). The van der Waals surface area contributed by atoms with Crippen LogP contribution >= 0.6 is 46.4 Å². The summed E-state index contributed by atoms with van der Waals surface area (Å²) in [7, 11) is 0. The standard InChI is InChI=1S/C33H35Cl4N3O2/c1-7-38(8-2)20-16-17-22(24(18-20)39(9-3)10-4)33(26-19(6)40(11-5)23-15-13-12-14-21(23)26)27-25(32(41)42-33)28(34)30(36)31(37)29(27)35/h12-18H,7-11H2,1-6H3. The van der Waals surface area contributed by atoms with Crippen LogP contribution in [0.1, 0.15) is 67.4 Å². The number of halogens is 4. The van der Waals surface area contributed by atoms with Gasteiger partial charge >= 0.3 is 5.97 Å². The van der Waals surface area contributed by atoms with Crippen LogP contribution < -0.4 is 9.80 Å². The lowest BCUT2D eigenvalue weighted by Crippen LogP contribution is -2.35. The first-order valence-electron chi connectivity index (χ1n) is 14.4. The van der Waals surface area contributed by atoms with Crippen molar-refractivity contribution in [2.24, 2.45) is 0 Å². The minimum absolute atomic E-state index is 0.0309. The van der Waals surface area contributed by atoms with Crippen molar-refractivity contribution in [1.82, 2.24) is 4.57 Å². The van der Waals surface area contributed by atoms with Gasteiger partial charge in [-0.3, -0.25) is 0 Å². The number of hydrogen-bond donors (Lipinski definition) is 0. The Labute approximate surface area is 267 Å². The number of fused-ring (bicyclic) bond motifs is 2. The Morgan fingerprint density at radius 2 is 1.40 bits per heavy atom. The number of rotatable bonds is 9. The van der Waals surface area contributed by atoms with Crippen molar-refractivity contribution in [2.45, 2.75) is 53.7 Å². The molecule has 3 aromatic carbocycles. The maximum absolute atomic E-state index is 14.0. The quantitative estimate of drug-likeness (QED) is 0.103. The fourth-order valence-electron chi connectivity index (χ4n) is 6.61. The van der Waals surface area contributed by atoms with E-state index in [2.05, 4.69) is 86.2 Å². The highest BCUT2D eigenvalue weighted by molar-refractivity contribution is 6.53. The molecule has 2 heterocycles. The first kappa shape index (κ1) is 30.9. The Morgan fingerprint density at radius 1 is 0.786 bits per heavy atom. The molecule has 4 aromatic rings. The number of anilines is 2. The molecular formula is C33H35Cl4N3O2. The van der Waals surface area contributed by atoms with Crippen LogP contribution in [0.4, 0.5) is 11.4 Å². The Bertz CT molecular complexity index is 1690. The molecule has 222 valence electrons. The van der Waals surface area contributed by atoms with Crippen molar-refractivity contribution in [1.29, 1.82) is 0 Å². The zero-order chi connectivity index (χ0) is 30.5. The molecule has 0 saturated heterocycles. The molecule has 5 nitrogen and oxygen atoms in total. The van der Waals surface area contributed by atoms with Crippen LogP contribution in [-0.4, -0.2) is 36.7 Å². The van der Waals surface area contributed by atoms with Gasteiger partial charge in [-0.05, 0) is 59.7 Å². The summed E-state index contributed by atoms with van der Waals surface area (Å²) in [5.74, 6) is -0.596. The Morgan fingerprint density at radius 3 is 2.02 bits per heavy atom. The van der Waals surface area contributed by atoms with Gasteiger partial charge in [-0.25, -0.2) is 4.79 Å². The van der Waals surface area contributed by atoms with Gasteiger partial charge in [0.05, 0.1) is 25.7 Å². The van der Waals surface area contributed by atoms with Crippen LogP contribution in [0, 0.1) is 6.92 Å². The first-order valence-corrected chi connectivity index (χ1v) is 16.0. The average molecular weight is 647 g/mol. The highest BCUT2D eigenvalue weighted by Gasteiger charge is 2.55. The van der Waals surface area contributed by atoms with E-state index in [1.54, 1.807) is 0 Å². The topological polar surface area (TPSA) is 37.7 Å². The van der Waals surface area contributed by atoms with Gasteiger partial charge in [-0.2, -0.15) is 0 Å². The molecule has 0 aliphatic carbocycles. The lowest BCUT2D eigenvalue weighted by molar-refractivity contribution is 0.0255. The summed E-state index contributed by atoms with van der Waals surface area (Å²) >= 11 is 27.1. The fraction of sp³-hybridized carbons (Fsp3) is 0.364. The highest BCUT2D eigenvalue weighted by atomic mass is 35.5. The van der Waals surface area contributed by atoms with Gasteiger partial charge in [0.1, 0.15) is 0 Å². The summed E-state index contributed by atoms with van der Waals surface area (Å²) in [6.45, 7) is 16.6. The van der Waals surface area contributed by atoms with Crippen LogP contribution in [0.3, 0.4) is 0 Å². The molecule has 1 atom stereocenters. The molecule has 0 fully saturated rings. The van der Waals surface area contributed by atoms with Gasteiger partial charge in [-0.15, -0.1) is 0 Å². The molecule has 0 radical (unpaired) electrons. The van der Waals surface area contributed by atoms with Gasteiger partial charge in [0.25, 0.3) is 0 Å². The largest absolute Gasteiger partial charge is 0.440 e. The molecule has 1 unspecified atom stereocenters. The predicted octanol–water partition coefficient (Wildman–Crippen LogP) is 9.74. The fourth-order valence-corrected chi connectivity index (χ4v) is 7.67. The summed E-state index contributed by atoms with van der Waals surface area (Å²) in [6, 6.07) is 14.5. The number of esters is 1. The van der Waals surface area contributed by atoms with E-state index in [1.165, 1.54) is 0 Å². The maximum atomic E-state index is 14.0. The summed E-state index contributed by atoms with van der Waals surface area (Å²) in [4.78, 5) is 18.6. The Kier molecular flexibility index (Phi) is 8.70. The molecule has 0 spiro atoms. The van der Waals surface area contributed by atoms with E-state index in [1.807, 2.05) is 12.1 Å². The van der Waals surface area contributed by atoms with Crippen molar-refractivity contribution in [3.8, 4) is 0 Å². The van der Waals surface area contributed by atoms with Crippen LogP contribution in [0.15, 0.2) is 42.5 Å². The third kappa shape index (κ3) is 4.39. The number of nitrogens with zero attached hydrogens (tertiary/aromatic N) is 3. The molecule has 9 heteroatoms. The second kappa shape index (κ2) is 11.8. The zero-order valence-corrected chi connectivity index (χ0v) is 27.8. The number of ether oxygens (including phenoxy) is 1. The number of aryl methyl sites for hydroxylation is 1. The molecule has 0 saturated carbocycles. The number of hydrogen-bond acceptors (Lipinski definition) is 4. The van der Waals surface area contributed by atoms with Gasteiger partial charge < -0.3 is 19.1 Å². The van der Waals surface area contributed by atoms with E-state index in [0.29, 0.717) is 5.56 Å². The minimum atomic E-state index is -1.45. The van der Waals surface area contributed by atoms with E-state index < -0.39 is 11.6 Å². The third-order valence-corrected chi connectivity index (χ3v) is 10.4. The van der Waals surface area contributed by atoms with Crippen LogP contribution in [0.2, 0.25) is 20.1 Å². The molecule has 42 heavy (non-hydrogen) atoms. The Hall–Kier alpha value is -2.57. The molecule has 0 N–H and O–H groups in total. The second-order valence-electron chi connectivity index (χ2n) is 10.3. The normalized spacial score (nSPS) is 16.2. The summed E-state index contributed by atoms with van der Waals surface area (Å²) in [5.41, 5.74) is 4.72. The lowest BCUT2D eigenvalue weighted by atomic mass is 9.77. The number of benzene rings is 3. The molecule has 0 bridgehead atoms. The number of cyclic esters (lactones) is 1. The molecule has 1 aliphatic heterocycles. The maximum Gasteiger partial charge on any atom is 0.341 e. The van der Waals surface area contributed by atoms with Gasteiger partial charge in [0, 0.05) is 77.4 Å².